The predicted octanol–water partition coefficient (Wildman–Crippen LogP) is 2.80. The highest BCUT2D eigenvalue weighted by atomic mass is 32.2. The minimum atomic E-state index is -3.35. The molecule has 1 atom stereocenters. The number of carbonyl (C=O) groups is 1. The smallest absolute Gasteiger partial charge is 0.218 e. The quantitative estimate of drug-likeness (QED) is 0.602. The van der Waals surface area contributed by atoms with E-state index in [1.54, 1.807) is 17.8 Å². The lowest BCUT2D eigenvalue weighted by Gasteiger charge is -2.07. The number of nitrogens with zero attached hydrogens (tertiary/aromatic N) is 2. The molecule has 0 saturated carbocycles. The zero-order valence-electron chi connectivity index (χ0n) is 16.4. The Morgan fingerprint density at radius 2 is 2.10 bits per heavy atom. The second-order valence-corrected chi connectivity index (χ2v) is 10.4. The number of nitrogens with two attached hydrogens (primary N) is 1. The number of hydrogen-bond acceptors (Lipinski definition) is 7. The number of hydrogen-bond donors (Lipinski definition) is 2. The molecule has 0 spiro atoms. The standard InChI is InChI=1S/C20H20N4O4S2/c1-11-5-14(28-13-3-4-18(22-9-13)30(2,26)27)6-12-7-16(24-19(11)12)20-23-10-15(29-20)8-17(21)25/h3-7,9,15,24H,8,10H2,1-2H3,(H2,21,25). The summed E-state index contributed by atoms with van der Waals surface area (Å²) < 4.78 is 28.9. The first-order valence-corrected chi connectivity index (χ1v) is 11.9. The van der Waals surface area contributed by atoms with Crippen LogP contribution in [0.3, 0.4) is 0 Å². The number of amides is 1. The molecule has 3 N–H and O–H groups in total. The molecule has 1 unspecified atom stereocenters. The van der Waals surface area contributed by atoms with Gasteiger partial charge in [-0.05, 0) is 42.8 Å². The number of nitrogens with one attached hydrogen (secondary N) is 1. The van der Waals surface area contributed by atoms with Crippen LogP contribution < -0.4 is 10.5 Å². The highest BCUT2D eigenvalue weighted by molar-refractivity contribution is 8.15. The molecule has 4 rings (SSSR count). The normalized spacial score (nSPS) is 16.6. The van der Waals surface area contributed by atoms with Crippen molar-refractivity contribution in [2.45, 2.75) is 23.6 Å². The van der Waals surface area contributed by atoms with Crippen LogP contribution in [-0.2, 0) is 14.6 Å². The van der Waals surface area contributed by atoms with Gasteiger partial charge in [-0.15, -0.1) is 0 Å². The fourth-order valence-electron chi connectivity index (χ4n) is 3.24. The average Bonchev–Trinajstić information content (AvgIpc) is 3.28. The van der Waals surface area contributed by atoms with Crippen LogP contribution in [0.25, 0.3) is 10.9 Å². The van der Waals surface area contributed by atoms with Crippen LogP contribution in [0.5, 0.6) is 11.5 Å². The van der Waals surface area contributed by atoms with Crippen molar-refractivity contribution >= 4 is 43.5 Å². The van der Waals surface area contributed by atoms with Gasteiger partial charge in [0.25, 0.3) is 0 Å². The molecule has 0 fully saturated rings. The number of fused-ring (bicyclic) bond motifs is 1. The molecule has 0 bridgehead atoms. The Hall–Kier alpha value is -2.85. The number of thioether (sulfide) groups is 1. The van der Waals surface area contributed by atoms with Crippen molar-refractivity contribution in [3.63, 3.8) is 0 Å². The van der Waals surface area contributed by atoms with Gasteiger partial charge >= 0.3 is 0 Å². The second-order valence-electron chi connectivity index (χ2n) is 7.15. The summed E-state index contributed by atoms with van der Waals surface area (Å²) in [6, 6.07) is 8.79. The summed E-state index contributed by atoms with van der Waals surface area (Å²) in [6.07, 6.45) is 2.81. The Balaban J connectivity index is 1.56. The maximum atomic E-state index is 11.5. The number of aromatic nitrogens is 2. The Morgan fingerprint density at radius 3 is 2.77 bits per heavy atom. The lowest BCUT2D eigenvalue weighted by atomic mass is 10.1. The Labute approximate surface area is 177 Å². The van der Waals surface area contributed by atoms with Crippen LogP contribution in [0.2, 0.25) is 0 Å². The van der Waals surface area contributed by atoms with Crippen molar-refractivity contribution in [3.05, 3.63) is 47.8 Å². The summed E-state index contributed by atoms with van der Waals surface area (Å²) in [4.78, 5) is 23.0. The molecule has 0 saturated heterocycles. The summed E-state index contributed by atoms with van der Waals surface area (Å²) in [6.45, 7) is 2.54. The lowest BCUT2D eigenvalue weighted by molar-refractivity contribution is -0.117. The van der Waals surface area contributed by atoms with Crippen LogP contribution in [-0.4, -0.2) is 47.4 Å². The Bertz CT molecular complexity index is 1260. The van der Waals surface area contributed by atoms with E-state index in [-0.39, 0.29) is 16.2 Å². The number of aromatic amines is 1. The Kier molecular flexibility index (Phi) is 5.29. The van der Waals surface area contributed by atoms with Crippen LogP contribution in [0.15, 0.2) is 46.5 Å². The maximum Gasteiger partial charge on any atom is 0.218 e. The third-order valence-corrected chi connectivity index (χ3v) is 6.82. The van der Waals surface area contributed by atoms with Gasteiger partial charge in [0.2, 0.25) is 5.91 Å². The first kappa shape index (κ1) is 20.4. The van der Waals surface area contributed by atoms with E-state index in [9.17, 15) is 13.2 Å². The molecule has 1 aliphatic rings. The molecule has 2 aromatic heterocycles. The van der Waals surface area contributed by atoms with Gasteiger partial charge in [0, 0.05) is 28.8 Å². The van der Waals surface area contributed by atoms with Gasteiger partial charge < -0.3 is 15.5 Å². The SMILES string of the molecule is Cc1cc(Oc2ccc(S(C)(=O)=O)nc2)cc2cc(C3=NCC(CC(N)=O)S3)[nH]c12. The van der Waals surface area contributed by atoms with Crippen molar-refractivity contribution in [1.29, 1.82) is 0 Å². The molecule has 3 heterocycles. The van der Waals surface area contributed by atoms with Gasteiger partial charge in [-0.3, -0.25) is 9.79 Å². The number of rotatable bonds is 6. The highest BCUT2D eigenvalue weighted by Gasteiger charge is 2.23. The van der Waals surface area contributed by atoms with E-state index in [0.29, 0.717) is 24.5 Å². The van der Waals surface area contributed by atoms with E-state index in [0.717, 1.165) is 33.5 Å². The van der Waals surface area contributed by atoms with E-state index in [2.05, 4.69) is 15.0 Å². The number of aliphatic imine (C=N–C) groups is 1. The van der Waals surface area contributed by atoms with Gasteiger partial charge in [-0.1, -0.05) is 11.8 Å². The Morgan fingerprint density at radius 1 is 1.30 bits per heavy atom. The first-order chi connectivity index (χ1) is 14.2. The summed E-state index contributed by atoms with van der Waals surface area (Å²) in [7, 11) is -3.35. The van der Waals surface area contributed by atoms with E-state index < -0.39 is 9.84 Å². The van der Waals surface area contributed by atoms with E-state index in [1.807, 2.05) is 25.1 Å². The number of pyridine rings is 1. The largest absolute Gasteiger partial charge is 0.456 e. The van der Waals surface area contributed by atoms with Gasteiger partial charge in [-0.25, -0.2) is 13.4 Å². The van der Waals surface area contributed by atoms with Gasteiger partial charge in [0.15, 0.2) is 14.9 Å². The second kappa shape index (κ2) is 7.77. The zero-order chi connectivity index (χ0) is 21.5. The van der Waals surface area contributed by atoms with Crippen LogP contribution in [0, 0.1) is 6.92 Å². The molecule has 3 aromatic rings. The fourth-order valence-corrected chi connectivity index (χ4v) is 4.90. The van der Waals surface area contributed by atoms with Gasteiger partial charge in [0.1, 0.15) is 16.5 Å². The number of H-pyrrole nitrogens is 1. The van der Waals surface area contributed by atoms with Crippen molar-refractivity contribution in [2.24, 2.45) is 10.7 Å². The minimum Gasteiger partial charge on any atom is -0.456 e. The molecule has 0 aliphatic carbocycles. The summed E-state index contributed by atoms with van der Waals surface area (Å²) in [5, 5.41) is 1.90. The van der Waals surface area contributed by atoms with Crippen LogP contribution >= 0.6 is 11.8 Å². The van der Waals surface area contributed by atoms with Crippen LogP contribution in [0.4, 0.5) is 0 Å². The monoisotopic (exact) mass is 444 g/mol. The van der Waals surface area contributed by atoms with Crippen molar-refractivity contribution < 1.29 is 17.9 Å². The third kappa shape index (κ3) is 4.34. The molecule has 8 nitrogen and oxygen atoms in total. The number of carbonyl (C=O) groups excluding carboxylic acids is 1. The average molecular weight is 445 g/mol. The number of sulfone groups is 1. The number of benzene rings is 1. The van der Waals surface area contributed by atoms with Gasteiger partial charge in [-0.2, -0.15) is 0 Å². The van der Waals surface area contributed by atoms with E-state index in [1.165, 1.54) is 12.3 Å². The topological polar surface area (TPSA) is 128 Å². The van der Waals surface area contributed by atoms with Gasteiger partial charge in [0.05, 0.1) is 18.4 Å². The van der Waals surface area contributed by atoms with Crippen LogP contribution in [0.1, 0.15) is 17.7 Å². The third-order valence-electron chi connectivity index (χ3n) is 4.60. The zero-order valence-corrected chi connectivity index (χ0v) is 18.0. The minimum absolute atomic E-state index is 0.00115. The molecule has 1 aliphatic heterocycles. The fraction of sp³-hybridized carbons (Fsp3) is 0.250. The van der Waals surface area contributed by atoms with E-state index >= 15 is 0 Å². The summed E-state index contributed by atoms with van der Waals surface area (Å²) in [5.41, 5.74) is 8.15. The maximum absolute atomic E-state index is 11.5. The highest BCUT2D eigenvalue weighted by Crippen LogP contribution is 2.32. The molecule has 0 radical (unpaired) electrons. The molecule has 10 heteroatoms. The molecular weight excluding hydrogens is 424 g/mol. The van der Waals surface area contributed by atoms with Crippen molar-refractivity contribution in [2.75, 3.05) is 12.8 Å². The summed E-state index contributed by atoms with van der Waals surface area (Å²) >= 11 is 1.55. The lowest BCUT2D eigenvalue weighted by Crippen LogP contribution is -2.18. The molecular formula is C20H20N4O4S2. The van der Waals surface area contributed by atoms with Crippen molar-refractivity contribution in [1.82, 2.24) is 9.97 Å². The predicted molar refractivity (Wildman–Crippen MR) is 117 cm³/mol. The molecule has 1 amide bonds. The number of aryl methyl sites for hydroxylation is 1. The van der Waals surface area contributed by atoms with E-state index in [4.69, 9.17) is 10.5 Å². The number of primary amides is 1. The first-order valence-electron chi connectivity index (χ1n) is 9.16. The molecule has 30 heavy (non-hydrogen) atoms. The molecule has 156 valence electrons. The van der Waals surface area contributed by atoms with Crippen molar-refractivity contribution in [3.8, 4) is 11.5 Å². The number of ether oxygens (including phenoxy) is 1. The summed E-state index contributed by atoms with van der Waals surface area (Å²) in [5.74, 6) is 0.742. The molecule has 1 aromatic carbocycles.